The Morgan fingerprint density at radius 2 is 2.23 bits per heavy atom. The number of nitrogens with zero attached hydrogens (tertiary/aromatic N) is 2. The standard InChI is InChI=1S/C8H8N4O/c9-8(13)5-1-2-7-6(3-5)11-4-12(7)10/h1-4H,10H2,(H2,9,13). The Balaban J connectivity index is 2.70. The van der Waals surface area contributed by atoms with Crippen molar-refractivity contribution in [3.8, 4) is 0 Å². The second kappa shape index (κ2) is 2.48. The van der Waals surface area contributed by atoms with Gasteiger partial charge in [-0.1, -0.05) is 0 Å². The van der Waals surface area contributed by atoms with Crippen LogP contribution in [0, 0.1) is 0 Å². The fourth-order valence-electron chi connectivity index (χ4n) is 1.19. The number of amides is 1. The third-order valence-electron chi connectivity index (χ3n) is 1.86. The zero-order chi connectivity index (χ0) is 9.42. The maximum atomic E-state index is 10.8. The molecule has 0 aliphatic heterocycles. The summed E-state index contributed by atoms with van der Waals surface area (Å²) in [4.78, 5) is 14.8. The van der Waals surface area contributed by atoms with E-state index in [4.69, 9.17) is 11.6 Å². The fourth-order valence-corrected chi connectivity index (χ4v) is 1.19. The lowest BCUT2D eigenvalue weighted by molar-refractivity contribution is 0.100. The average Bonchev–Trinajstić information content (AvgIpc) is 2.47. The highest BCUT2D eigenvalue weighted by atomic mass is 16.1. The first-order valence-electron chi connectivity index (χ1n) is 3.70. The number of aromatic nitrogens is 2. The molecule has 4 N–H and O–H groups in total. The van der Waals surface area contributed by atoms with Crippen LogP contribution in [-0.4, -0.2) is 15.6 Å². The van der Waals surface area contributed by atoms with Crippen molar-refractivity contribution in [2.24, 2.45) is 5.73 Å². The summed E-state index contributed by atoms with van der Waals surface area (Å²) in [5, 5.41) is 0. The highest BCUT2D eigenvalue weighted by Gasteiger charge is 2.04. The lowest BCUT2D eigenvalue weighted by Gasteiger charge is -1.96. The van der Waals surface area contributed by atoms with Gasteiger partial charge in [-0.25, -0.2) is 9.66 Å². The first-order valence-corrected chi connectivity index (χ1v) is 3.70. The lowest BCUT2D eigenvalue weighted by Crippen LogP contribution is -2.11. The number of benzene rings is 1. The average molecular weight is 176 g/mol. The molecule has 1 aromatic carbocycles. The summed E-state index contributed by atoms with van der Waals surface area (Å²) in [6.45, 7) is 0. The number of hydrogen-bond donors (Lipinski definition) is 2. The van der Waals surface area contributed by atoms with Gasteiger partial charge in [0.25, 0.3) is 0 Å². The maximum Gasteiger partial charge on any atom is 0.248 e. The molecule has 0 saturated heterocycles. The first-order chi connectivity index (χ1) is 6.18. The van der Waals surface area contributed by atoms with Gasteiger partial charge in [0, 0.05) is 5.56 Å². The summed E-state index contributed by atoms with van der Waals surface area (Å²) in [6, 6.07) is 4.94. The Labute approximate surface area is 73.9 Å². The zero-order valence-corrected chi connectivity index (χ0v) is 6.77. The summed E-state index contributed by atoms with van der Waals surface area (Å²) in [5.41, 5.74) is 6.98. The van der Waals surface area contributed by atoms with E-state index in [-0.39, 0.29) is 0 Å². The second-order valence-corrected chi connectivity index (χ2v) is 2.72. The summed E-state index contributed by atoms with van der Waals surface area (Å²) in [7, 11) is 0. The van der Waals surface area contributed by atoms with Crippen LogP contribution >= 0.6 is 0 Å². The molecule has 0 aliphatic carbocycles. The molecule has 0 fully saturated rings. The third kappa shape index (κ3) is 1.10. The van der Waals surface area contributed by atoms with Crippen LogP contribution in [0.15, 0.2) is 24.5 Å². The van der Waals surface area contributed by atoms with E-state index in [0.717, 1.165) is 5.52 Å². The number of nitrogen functional groups attached to an aromatic ring is 1. The molecule has 5 nitrogen and oxygen atoms in total. The van der Waals surface area contributed by atoms with Crippen molar-refractivity contribution in [2.45, 2.75) is 0 Å². The van der Waals surface area contributed by atoms with Crippen molar-refractivity contribution in [1.29, 1.82) is 0 Å². The number of carbonyl (C=O) groups excluding carboxylic acids is 1. The van der Waals surface area contributed by atoms with Gasteiger partial charge in [0.2, 0.25) is 5.91 Å². The highest BCUT2D eigenvalue weighted by molar-refractivity contribution is 5.96. The van der Waals surface area contributed by atoms with Crippen molar-refractivity contribution < 1.29 is 4.79 Å². The van der Waals surface area contributed by atoms with Crippen LogP contribution in [0.3, 0.4) is 0 Å². The number of imidazole rings is 1. The molecule has 0 aliphatic rings. The van der Waals surface area contributed by atoms with E-state index in [1.165, 1.54) is 11.0 Å². The van der Waals surface area contributed by atoms with Crippen molar-refractivity contribution in [1.82, 2.24) is 9.66 Å². The normalized spacial score (nSPS) is 10.5. The number of primary amides is 1. The summed E-state index contributed by atoms with van der Waals surface area (Å²) in [5.74, 6) is 5.08. The van der Waals surface area contributed by atoms with Gasteiger partial charge in [0.15, 0.2) is 0 Å². The van der Waals surface area contributed by atoms with E-state index < -0.39 is 5.91 Å². The minimum absolute atomic E-state index is 0.436. The van der Waals surface area contributed by atoms with Crippen molar-refractivity contribution >= 4 is 16.9 Å². The number of rotatable bonds is 1. The molecule has 2 aromatic rings. The minimum Gasteiger partial charge on any atom is -0.366 e. The molecule has 1 heterocycles. The van der Waals surface area contributed by atoms with E-state index in [2.05, 4.69) is 4.98 Å². The largest absolute Gasteiger partial charge is 0.366 e. The van der Waals surface area contributed by atoms with Crippen molar-refractivity contribution in [3.05, 3.63) is 30.1 Å². The van der Waals surface area contributed by atoms with Gasteiger partial charge >= 0.3 is 0 Å². The topological polar surface area (TPSA) is 86.9 Å². The van der Waals surface area contributed by atoms with Crippen molar-refractivity contribution in [2.75, 3.05) is 5.84 Å². The van der Waals surface area contributed by atoms with E-state index in [1.807, 2.05) is 0 Å². The van der Waals surface area contributed by atoms with Gasteiger partial charge in [-0.2, -0.15) is 0 Å². The molecule has 0 unspecified atom stereocenters. The predicted octanol–water partition coefficient (Wildman–Crippen LogP) is -0.151. The predicted molar refractivity (Wildman–Crippen MR) is 48.4 cm³/mol. The molecule has 0 atom stereocenters. The Morgan fingerprint density at radius 3 is 2.92 bits per heavy atom. The van der Waals surface area contributed by atoms with Crippen molar-refractivity contribution in [3.63, 3.8) is 0 Å². The summed E-state index contributed by atoms with van der Waals surface area (Å²) in [6.07, 6.45) is 1.48. The molecule has 5 heteroatoms. The fraction of sp³-hybridized carbons (Fsp3) is 0. The Kier molecular flexibility index (Phi) is 1.45. The molecular formula is C8H8N4O. The first kappa shape index (κ1) is 7.60. The summed E-state index contributed by atoms with van der Waals surface area (Å²) >= 11 is 0. The number of fused-ring (bicyclic) bond motifs is 1. The van der Waals surface area contributed by atoms with Crippen LogP contribution in [0.1, 0.15) is 10.4 Å². The van der Waals surface area contributed by atoms with Gasteiger partial charge in [-0.15, -0.1) is 0 Å². The van der Waals surface area contributed by atoms with Crippen LogP contribution in [-0.2, 0) is 0 Å². The SMILES string of the molecule is NC(=O)c1ccc2c(c1)ncn2N. The monoisotopic (exact) mass is 176 g/mol. The molecule has 13 heavy (non-hydrogen) atoms. The third-order valence-corrected chi connectivity index (χ3v) is 1.86. The van der Waals surface area contributed by atoms with E-state index in [9.17, 15) is 4.79 Å². The molecular weight excluding hydrogens is 168 g/mol. The van der Waals surface area contributed by atoms with Crippen LogP contribution in [0.4, 0.5) is 0 Å². The Morgan fingerprint density at radius 1 is 1.46 bits per heavy atom. The molecule has 0 bridgehead atoms. The maximum absolute atomic E-state index is 10.8. The zero-order valence-electron chi connectivity index (χ0n) is 6.77. The second-order valence-electron chi connectivity index (χ2n) is 2.72. The van der Waals surface area contributed by atoms with Gasteiger partial charge in [-0.3, -0.25) is 4.79 Å². The lowest BCUT2D eigenvalue weighted by atomic mass is 10.2. The molecule has 0 saturated carbocycles. The Hall–Kier alpha value is -2.04. The van der Waals surface area contributed by atoms with Gasteiger partial charge in [-0.05, 0) is 18.2 Å². The molecule has 0 radical (unpaired) electrons. The minimum atomic E-state index is -0.464. The molecule has 2 rings (SSSR count). The summed E-state index contributed by atoms with van der Waals surface area (Å²) < 4.78 is 1.39. The van der Waals surface area contributed by atoms with Crippen LogP contribution < -0.4 is 11.6 Å². The van der Waals surface area contributed by atoms with Gasteiger partial charge in [0.1, 0.15) is 6.33 Å². The molecule has 66 valence electrons. The quantitative estimate of drug-likeness (QED) is 0.592. The van der Waals surface area contributed by atoms with E-state index in [0.29, 0.717) is 11.1 Å². The van der Waals surface area contributed by atoms with E-state index >= 15 is 0 Å². The smallest absolute Gasteiger partial charge is 0.248 e. The van der Waals surface area contributed by atoms with E-state index in [1.54, 1.807) is 18.2 Å². The number of carbonyl (C=O) groups is 1. The number of nitrogens with two attached hydrogens (primary N) is 2. The Bertz CT molecular complexity index is 474. The van der Waals surface area contributed by atoms with Crippen LogP contribution in [0.2, 0.25) is 0 Å². The van der Waals surface area contributed by atoms with Crippen LogP contribution in [0.5, 0.6) is 0 Å². The van der Waals surface area contributed by atoms with Crippen LogP contribution in [0.25, 0.3) is 11.0 Å². The molecule has 1 aromatic heterocycles. The van der Waals surface area contributed by atoms with Gasteiger partial charge in [0.05, 0.1) is 11.0 Å². The molecule has 0 spiro atoms. The number of hydrogen-bond acceptors (Lipinski definition) is 3. The molecule has 1 amide bonds. The highest BCUT2D eigenvalue weighted by Crippen LogP contribution is 2.12. The van der Waals surface area contributed by atoms with Gasteiger partial charge < -0.3 is 11.6 Å².